The highest BCUT2D eigenvalue weighted by molar-refractivity contribution is 5.81. The minimum absolute atomic E-state index is 0.194. The van der Waals surface area contributed by atoms with Crippen LogP contribution in [0.2, 0.25) is 0 Å². The Morgan fingerprint density at radius 3 is 2.83 bits per heavy atom. The van der Waals surface area contributed by atoms with Crippen molar-refractivity contribution in [3.8, 4) is 0 Å². The number of piperidine rings is 1. The van der Waals surface area contributed by atoms with E-state index in [-0.39, 0.29) is 5.91 Å². The van der Waals surface area contributed by atoms with Gasteiger partial charge in [-0.3, -0.25) is 9.79 Å². The molecule has 5 heteroatoms. The molecule has 0 bridgehead atoms. The lowest BCUT2D eigenvalue weighted by Crippen LogP contribution is -2.48. The van der Waals surface area contributed by atoms with Gasteiger partial charge in [-0.05, 0) is 31.1 Å². The molecule has 0 aromatic heterocycles. The molecule has 3 N–H and O–H groups in total. The first-order valence-corrected chi connectivity index (χ1v) is 6.86. The molecule has 0 radical (unpaired) electrons. The van der Waals surface area contributed by atoms with Crippen molar-refractivity contribution in [2.75, 3.05) is 20.1 Å². The second-order valence-corrected chi connectivity index (χ2v) is 5.64. The van der Waals surface area contributed by atoms with Gasteiger partial charge in [-0.15, -0.1) is 0 Å². The van der Waals surface area contributed by atoms with Gasteiger partial charge in [0, 0.05) is 32.6 Å². The molecule has 5 nitrogen and oxygen atoms in total. The Bertz CT molecular complexity index is 342. The van der Waals surface area contributed by atoms with Crippen molar-refractivity contribution in [3.63, 3.8) is 0 Å². The molecule has 1 amide bonds. The number of amides is 1. The van der Waals surface area contributed by atoms with Crippen LogP contribution in [-0.2, 0) is 4.79 Å². The summed E-state index contributed by atoms with van der Waals surface area (Å²) in [6.07, 6.45) is 3.93. The fourth-order valence-electron chi connectivity index (χ4n) is 2.69. The van der Waals surface area contributed by atoms with Crippen LogP contribution in [0.25, 0.3) is 0 Å². The van der Waals surface area contributed by atoms with Crippen molar-refractivity contribution >= 4 is 11.9 Å². The lowest BCUT2D eigenvalue weighted by Gasteiger charge is -2.34. The van der Waals surface area contributed by atoms with E-state index in [0.29, 0.717) is 18.4 Å². The van der Waals surface area contributed by atoms with E-state index in [0.717, 1.165) is 37.8 Å². The first-order valence-electron chi connectivity index (χ1n) is 6.86. The second kappa shape index (κ2) is 5.59. The van der Waals surface area contributed by atoms with E-state index in [2.05, 4.69) is 22.1 Å². The maximum Gasteiger partial charge on any atom is 0.217 e. The zero-order valence-corrected chi connectivity index (χ0v) is 11.4. The summed E-state index contributed by atoms with van der Waals surface area (Å²) in [6, 6.07) is 0.584. The molecule has 3 unspecified atom stereocenters. The molecule has 1 saturated heterocycles. The summed E-state index contributed by atoms with van der Waals surface area (Å²) >= 11 is 0. The summed E-state index contributed by atoms with van der Waals surface area (Å²) < 4.78 is 0. The Morgan fingerprint density at radius 1 is 1.56 bits per heavy atom. The zero-order valence-electron chi connectivity index (χ0n) is 11.4. The number of primary amides is 1. The molecule has 1 aliphatic carbocycles. The van der Waals surface area contributed by atoms with Crippen LogP contribution in [0, 0.1) is 11.8 Å². The van der Waals surface area contributed by atoms with Gasteiger partial charge in [0.25, 0.3) is 0 Å². The predicted octanol–water partition coefficient (Wildman–Crippen LogP) is 0.558. The molecule has 0 aromatic carbocycles. The van der Waals surface area contributed by atoms with Crippen LogP contribution in [0.4, 0.5) is 0 Å². The van der Waals surface area contributed by atoms with Gasteiger partial charge in [-0.2, -0.15) is 0 Å². The third-order valence-electron chi connectivity index (χ3n) is 3.94. The zero-order chi connectivity index (χ0) is 13.1. The number of nitrogens with one attached hydrogen (secondary N) is 1. The van der Waals surface area contributed by atoms with Crippen molar-refractivity contribution in [2.45, 2.75) is 38.6 Å². The van der Waals surface area contributed by atoms with Crippen molar-refractivity contribution in [1.29, 1.82) is 0 Å². The normalized spacial score (nSPS) is 32.2. The molecule has 3 atom stereocenters. The van der Waals surface area contributed by atoms with Gasteiger partial charge < -0.3 is 16.0 Å². The molecular weight excluding hydrogens is 228 g/mol. The van der Waals surface area contributed by atoms with E-state index in [9.17, 15) is 4.79 Å². The molecule has 1 aliphatic heterocycles. The Kier molecular flexibility index (Phi) is 4.09. The molecule has 1 heterocycles. The maximum absolute atomic E-state index is 11.0. The van der Waals surface area contributed by atoms with Crippen LogP contribution in [0.3, 0.4) is 0 Å². The second-order valence-electron chi connectivity index (χ2n) is 5.64. The average Bonchev–Trinajstić information content (AvgIpc) is 3.01. The Labute approximate surface area is 109 Å². The third-order valence-corrected chi connectivity index (χ3v) is 3.94. The molecular formula is C13H24N4O. The van der Waals surface area contributed by atoms with E-state index in [4.69, 9.17) is 5.73 Å². The molecule has 2 fully saturated rings. The van der Waals surface area contributed by atoms with Crippen LogP contribution in [0.15, 0.2) is 4.99 Å². The number of hydrogen-bond donors (Lipinski definition) is 2. The van der Waals surface area contributed by atoms with E-state index < -0.39 is 0 Å². The van der Waals surface area contributed by atoms with Gasteiger partial charge in [0.1, 0.15) is 0 Å². The fourth-order valence-corrected chi connectivity index (χ4v) is 2.69. The summed E-state index contributed by atoms with van der Waals surface area (Å²) in [5.41, 5.74) is 5.28. The molecule has 18 heavy (non-hydrogen) atoms. The van der Waals surface area contributed by atoms with Gasteiger partial charge in [0.2, 0.25) is 5.91 Å². The molecule has 1 saturated carbocycles. The van der Waals surface area contributed by atoms with Gasteiger partial charge >= 0.3 is 0 Å². The summed E-state index contributed by atoms with van der Waals surface area (Å²) in [4.78, 5) is 17.6. The van der Waals surface area contributed by atoms with Crippen LogP contribution in [-0.4, -0.2) is 42.9 Å². The summed E-state index contributed by atoms with van der Waals surface area (Å²) in [5, 5.41) is 3.49. The Balaban J connectivity index is 1.88. The number of aliphatic imine (C=N–C) groups is 1. The lowest BCUT2D eigenvalue weighted by atomic mass is 9.95. The number of rotatable bonds is 3. The predicted molar refractivity (Wildman–Crippen MR) is 72.2 cm³/mol. The van der Waals surface area contributed by atoms with Crippen LogP contribution in [0.1, 0.15) is 32.6 Å². The number of guanidine groups is 1. The van der Waals surface area contributed by atoms with Crippen molar-refractivity contribution in [3.05, 3.63) is 0 Å². The first kappa shape index (κ1) is 13.2. The summed E-state index contributed by atoms with van der Waals surface area (Å²) in [6.45, 7) is 4.16. The quantitative estimate of drug-likeness (QED) is 0.569. The molecule has 2 rings (SSSR count). The monoisotopic (exact) mass is 252 g/mol. The standard InChI is InChI=1S/C13H24N4O/c1-9-6-11(9)16-13(15-2)17-5-3-4-10(8-17)7-12(14)18/h9-11H,3-8H2,1-2H3,(H2,14,18)(H,15,16). The van der Waals surface area contributed by atoms with Gasteiger partial charge in [-0.25, -0.2) is 0 Å². The van der Waals surface area contributed by atoms with Crippen LogP contribution >= 0.6 is 0 Å². The Hall–Kier alpha value is -1.26. The number of likely N-dealkylation sites (tertiary alicyclic amines) is 1. The lowest BCUT2D eigenvalue weighted by molar-refractivity contribution is -0.119. The average molecular weight is 252 g/mol. The summed E-state index contributed by atoms with van der Waals surface area (Å²) in [5.74, 6) is 1.93. The maximum atomic E-state index is 11.0. The van der Waals surface area contributed by atoms with Gasteiger partial charge in [-0.1, -0.05) is 6.92 Å². The van der Waals surface area contributed by atoms with E-state index in [1.54, 1.807) is 0 Å². The fraction of sp³-hybridized carbons (Fsp3) is 0.846. The first-order chi connectivity index (χ1) is 8.60. The van der Waals surface area contributed by atoms with Gasteiger partial charge in [0.15, 0.2) is 5.96 Å². The van der Waals surface area contributed by atoms with Crippen LogP contribution < -0.4 is 11.1 Å². The molecule has 2 aliphatic rings. The highest BCUT2D eigenvalue weighted by Crippen LogP contribution is 2.29. The number of nitrogens with zero attached hydrogens (tertiary/aromatic N) is 2. The highest BCUT2D eigenvalue weighted by Gasteiger charge is 2.34. The van der Waals surface area contributed by atoms with Crippen LogP contribution in [0.5, 0.6) is 0 Å². The van der Waals surface area contributed by atoms with Crippen molar-refractivity contribution < 1.29 is 4.79 Å². The topological polar surface area (TPSA) is 70.7 Å². The van der Waals surface area contributed by atoms with E-state index in [1.807, 2.05) is 7.05 Å². The molecule has 102 valence electrons. The largest absolute Gasteiger partial charge is 0.370 e. The van der Waals surface area contributed by atoms with Crippen molar-refractivity contribution in [2.24, 2.45) is 22.6 Å². The van der Waals surface area contributed by atoms with Crippen molar-refractivity contribution in [1.82, 2.24) is 10.2 Å². The minimum atomic E-state index is -0.194. The molecule has 0 spiro atoms. The molecule has 0 aromatic rings. The van der Waals surface area contributed by atoms with E-state index >= 15 is 0 Å². The highest BCUT2D eigenvalue weighted by atomic mass is 16.1. The SMILES string of the molecule is CN=C(NC1CC1C)N1CCCC(CC(N)=O)C1. The van der Waals surface area contributed by atoms with E-state index in [1.165, 1.54) is 6.42 Å². The smallest absolute Gasteiger partial charge is 0.217 e. The third kappa shape index (κ3) is 3.37. The van der Waals surface area contributed by atoms with Gasteiger partial charge in [0.05, 0.1) is 0 Å². The minimum Gasteiger partial charge on any atom is -0.370 e. The number of carbonyl (C=O) groups is 1. The Morgan fingerprint density at radius 2 is 2.28 bits per heavy atom. The number of hydrogen-bond acceptors (Lipinski definition) is 2. The summed E-state index contributed by atoms with van der Waals surface area (Å²) in [7, 11) is 1.83. The number of nitrogens with two attached hydrogens (primary N) is 1. The number of carbonyl (C=O) groups excluding carboxylic acids is 1.